The van der Waals surface area contributed by atoms with Crippen molar-refractivity contribution < 1.29 is 28.8 Å². The number of aliphatic hydroxyl groups excluding tert-OH is 1. The minimum absolute atomic E-state index is 0.0745. The Morgan fingerprint density at radius 1 is 0.750 bits per heavy atom. The highest BCUT2D eigenvalue weighted by atomic mass is 16.6. The van der Waals surface area contributed by atoms with Crippen LogP contribution in [0.5, 0.6) is 17.2 Å². The molecular weight excluding hydrogens is 506 g/mol. The van der Waals surface area contributed by atoms with E-state index in [0.29, 0.717) is 42.4 Å². The number of nitrogens with zero attached hydrogens (tertiary/aromatic N) is 1. The molecule has 0 aliphatic rings. The highest BCUT2D eigenvalue weighted by molar-refractivity contribution is 5.67. The van der Waals surface area contributed by atoms with Crippen molar-refractivity contribution in [3.05, 3.63) is 125 Å². The van der Waals surface area contributed by atoms with Crippen LogP contribution in [0.1, 0.15) is 28.4 Å². The molecule has 0 radical (unpaired) electrons. The van der Waals surface area contributed by atoms with E-state index in [1.165, 1.54) is 4.90 Å². The van der Waals surface area contributed by atoms with Gasteiger partial charge in [0.05, 0.1) is 26.9 Å². The summed E-state index contributed by atoms with van der Waals surface area (Å²) in [6.45, 7) is 1.03. The topological polar surface area (TPSA) is 77.5 Å². The zero-order valence-corrected chi connectivity index (χ0v) is 22.9. The molecule has 7 heteroatoms. The molecule has 208 valence electrons. The second-order valence-electron chi connectivity index (χ2n) is 9.28. The van der Waals surface area contributed by atoms with Gasteiger partial charge < -0.3 is 29.0 Å². The van der Waals surface area contributed by atoms with Crippen LogP contribution in [-0.2, 0) is 24.4 Å². The highest BCUT2D eigenvalue weighted by Crippen LogP contribution is 2.28. The number of amides is 1. The molecule has 0 aromatic heterocycles. The summed E-state index contributed by atoms with van der Waals surface area (Å²) in [6.07, 6.45) is -0.858. The quantitative estimate of drug-likeness (QED) is 0.217. The summed E-state index contributed by atoms with van der Waals surface area (Å²) in [6, 6.07) is 32.4. The van der Waals surface area contributed by atoms with E-state index in [4.69, 9.17) is 18.9 Å². The average molecular weight is 542 g/mol. The fraction of sp³-hybridized carbons (Fsp3) is 0.242. The Morgan fingerprint density at radius 2 is 1.38 bits per heavy atom. The van der Waals surface area contributed by atoms with Gasteiger partial charge in [0.25, 0.3) is 0 Å². The summed E-state index contributed by atoms with van der Waals surface area (Å²) in [5.41, 5.74) is 3.61. The van der Waals surface area contributed by atoms with Gasteiger partial charge in [0.1, 0.15) is 19.0 Å². The molecule has 0 unspecified atom stereocenters. The number of aliphatic hydroxyl groups is 1. The van der Waals surface area contributed by atoms with Gasteiger partial charge in [0.2, 0.25) is 0 Å². The van der Waals surface area contributed by atoms with E-state index in [-0.39, 0.29) is 13.2 Å². The summed E-state index contributed by atoms with van der Waals surface area (Å²) < 4.78 is 22.2. The van der Waals surface area contributed by atoms with E-state index in [1.54, 1.807) is 14.2 Å². The van der Waals surface area contributed by atoms with E-state index in [9.17, 15) is 9.90 Å². The van der Waals surface area contributed by atoms with Crippen molar-refractivity contribution in [3.63, 3.8) is 0 Å². The first-order chi connectivity index (χ1) is 19.6. The zero-order chi connectivity index (χ0) is 28.2. The first kappa shape index (κ1) is 28.5. The fourth-order valence-corrected chi connectivity index (χ4v) is 4.21. The standard InChI is InChI=1S/C33H35NO6/c1-37-31-18-13-25(21-32(31)38-2)19-20-34(33(36)40-24-27-11-7-4-8-12-27)22-30(35)28-14-16-29(17-15-28)39-23-26-9-5-3-6-10-26/h3-18,21,30,35H,19-20,22-24H2,1-2H3/t30-/m0/s1. The van der Waals surface area contributed by atoms with Crippen LogP contribution in [0.3, 0.4) is 0 Å². The predicted octanol–water partition coefficient (Wildman–Crippen LogP) is 6.20. The Kier molecular flexibility index (Phi) is 10.4. The number of hydrogen-bond acceptors (Lipinski definition) is 6. The lowest BCUT2D eigenvalue weighted by Crippen LogP contribution is -2.36. The maximum atomic E-state index is 13.1. The van der Waals surface area contributed by atoms with Gasteiger partial charge in [-0.25, -0.2) is 4.79 Å². The molecule has 0 saturated carbocycles. The van der Waals surface area contributed by atoms with Crippen molar-refractivity contribution in [1.29, 1.82) is 0 Å². The van der Waals surface area contributed by atoms with Crippen molar-refractivity contribution >= 4 is 6.09 Å². The Labute approximate surface area is 235 Å². The number of carbonyl (C=O) groups excluding carboxylic acids is 1. The summed E-state index contributed by atoms with van der Waals surface area (Å²) in [5, 5.41) is 11.0. The molecule has 0 bridgehead atoms. The van der Waals surface area contributed by atoms with Gasteiger partial charge in [0, 0.05) is 6.54 Å². The fourth-order valence-electron chi connectivity index (χ4n) is 4.21. The van der Waals surface area contributed by atoms with E-state index >= 15 is 0 Å². The summed E-state index contributed by atoms with van der Waals surface area (Å²) >= 11 is 0. The smallest absolute Gasteiger partial charge is 0.410 e. The number of carbonyl (C=O) groups is 1. The molecule has 1 amide bonds. The maximum absolute atomic E-state index is 13.1. The maximum Gasteiger partial charge on any atom is 0.410 e. The lowest BCUT2D eigenvalue weighted by atomic mass is 10.1. The Balaban J connectivity index is 1.41. The van der Waals surface area contributed by atoms with Gasteiger partial charge in [-0.1, -0.05) is 78.9 Å². The van der Waals surface area contributed by atoms with Gasteiger partial charge in [-0.3, -0.25) is 0 Å². The van der Waals surface area contributed by atoms with Gasteiger partial charge in [-0.2, -0.15) is 0 Å². The average Bonchev–Trinajstić information content (AvgIpc) is 3.01. The second kappa shape index (κ2) is 14.6. The second-order valence-corrected chi connectivity index (χ2v) is 9.28. The van der Waals surface area contributed by atoms with Crippen LogP contribution in [0.2, 0.25) is 0 Å². The van der Waals surface area contributed by atoms with Gasteiger partial charge >= 0.3 is 6.09 Å². The van der Waals surface area contributed by atoms with Gasteiger partial charge in [-0.05, 0) is 52.9 Å². The Morgan fingerprint density at radius 3 is 2.00 bits per heavy atom. The van der Waals surface area contributed by atoms with Crippen LogP contribution in [0, 0.1) is 0 Å². The summed E-state index contributed by atoms with van der Waals surface area (Å²) in [7, 11) is 3.18. The first-order valence-electron chi connectivity index (χ1n) is 13.2. The van der Waals surface area contributed by atoms with E-state index < -0.39 is 12.2 Å². The van der Waals surface area contributed by atoms with Gasteiger partial charge in [-0.15, -0.1) is 0 Å². The molecule has 4 aromatic carbocycles. The number of benzene rings is 4. The van der Waals surface area contributed by atoms with Crippen LogP contribution in [0.15, 0.2) is 103 Å². The van der Waals surface area contributed by atoms with Crippen LogP contribution < -0.4 is 14.2 Å². The molecule has 4 aromatic rings. The minimum atomic E-state index is -0.905. The molecule has 7 nitrogen and oxygen atoms in total. The van der Waals surface area contributed by atoms with E-state index in [1.807, 2.05) is 103 Å². The Hall–Kier alpha value is -4.49. The largest absolute Gasteiger partial charge is 0.493 e. The molecule has 0 fully saturated rings. The number of rotatable bonds is 13. The predicted molar refractivity (Wildman–Crippen MR) is 154 cm³/mol. The van der Waals surface area contributed by atoms with E-state index in [2.05, 4.69) is 0 Å². The zero-order valence-electron chi connectivity index (χ0n) is 22.9. The molecule has 0 heterocycles. The normalized spacial score (nSPS) is 11.4. The van der Waals surface area contributed by atoms with Crippen molar-refractivity contribution in [2.24, 2.45) is 0 Å². The van der Waals surface area contributed by atoms with Crippen LogP contribution >= 0.6 is 0 Å². The van der Waals surface area contributed by atoms with Crippen LogP contribution in [0.25, 0.3) is 0 Å². The van der Waals surface area contributed by atoms with Crippen molar-refractivity contribution in [2.75, 3.05) is 27.3 Å². The molecule has 0 spiro atoms. The molecule has 1 atom stereocenters. The summed E-state index contributed by atoms with van der Waals surface area (Å²) in [5.74, 6) is 1.96. The SMILES string of the molecule is COc1ccc(CCN(C[C@H](O)c2ccc(OCc3ccccc3)cc2)C(=O)OCc2ccccc2)cc1OC. The molecule has 0 aliphatic heterocycles. The first-order valence-corrected chi connectivity index (χ1v) is 13.2. The number of methoxy groups -OCH3 is 2. The third-order valence-electron chi connectivity index (χ3n) is 6.49. The van der Waals surface area contributed by atoms with Crippen molar-refractivity contribution in [3.8, 4) is 17.2 Å². The molecule has 0 saturated heterocycles. The lowest BCUT2D eigenvalue weighted by Gasteiger charge is -2.25. The molecular formula is C33H35NO6. The molecule has 40 heavy (non-hydrogen) atoms. The van der Waals surface area contributed by atoms with E-state index in [0.717, 1.165) is 16.7 Å². The van der Waals surface area contributed by atoms with Crippen molar-refractivity contribution in [1.82, 2.24) is 4.90 Å². The van der Waals surface area contributed by atoms with Crippen LogP contribution in [0.4, 0.5) is 4.79 Å². The highest BCUT2D eigenvalue weighted by Gasteiger charge is 2.21. The molecule has 1 N–H and O–H groups in total. The number of hydrogen-bond donors (Lipinski definition) is 1. The lowest BCUT2D eigenvalue weighted by molar-refractivity contribution is 0.0690. The van der Waals surface area contributed by atoms with Gasteiger partial charge in [0.15, 0.2) is 11.5 Å². The number of ether oxygens (including phenoxy) is 4. The monoisotopic (exact) mass is 541 g/mol. The Bertz CT molecular complexity index is 1330. The molecule has 4 rings (SSSR count). The third-order valence-corrected chi connectivity index (χ3v) is 6.49. The van der Waals surface area contributed by atoms with Crippen LogP contribution in [-0.4, -0.2) is 43.4 Å². The third kappa shape index (κ3) is 8.25. The minimum Gasteiger partial charge on any atom is -0.493 e. The molecule has 0 aliphatic carbocycles. The summed E-state index contributed by atoms with van der Waals surface area (Å²) in [4.78, 5) is 14.7. The van der Waals surface area contributed by atoms with Crippen molar-refractivity contribution in [2.45, 2.75) is 25.7 Å².